The molecule has 0 amide bonds. The molecule has 116 valence electrons. The summed E-state index contributed by atoms with van der Waals surface area (Å²) in [7, 11) is 0. The van der Waals surface area contributed by atoms with E-state index in [2.05, 4.69) is 0 Å². The van der Waals surface area contributed by atoms with Crippen LogP contribution >= 0.6 is 0 Å². The zero-order valence-corrected chi connectivity index (χ0v) is 12.5. The molecule has 12 radical (unpaired) electrons. The Morgan fingerprint density at radius 2 is 0.762 bits per heavy atom. The van der Waals surface area contributed by atoms with Gasteiger partial charge in [0.15, 0.2) is 0 Å². The minimum atomic E-state index is -1.57. The summed E-state index contributed by atoms with van der Waals surface area (Å²) >= 11 is 0. The van der Waals surface area contributed by atoms with Crippen molar-refractivity contribution >= 4 is 0 Å². The first kappa shape index (κ1) is 20.8. The molecule has 0 aromatic carbocycles. The normalized spacial score (nSPS) is 12.9. The van der Waals surface area contributed by atoms with Crippen molar-refractivity contribution in [2.75, 3.05) is 39.6 Å². The summed E-state index contributed by atoms with van der Waals surface area (Å²) in [5.41, 5.74) is -3.15. The molecule has 0 saturated carbocycles. The van der Waals surface area contributed by atoms with Crippen LogP contribution in [0.1, 0.15) is 19.3 Å². The van der Waals surface area contributed by atoms with Crippen molar-refractivity contribution in [2.45, 2.75) is 30.5 Å². The van der Waals surface area contributed by atoms with Gasteiger partial charge in [0.05, 0.1) is 11.2 Å². The zero-order chi connectivity index (χ0) is 16.2. The van der Waals surface area contributed by atoms with Gasteiger partial charge in [0.1, 0.15) is 0 Å². The Morgan fingerprint density at radius 3 is 1.05 bits per heavy atom. The molecule has 0 aliphatic carbocycles. The molecule has 0 bridgehead atoms. The Bertz CT molecular complexity index is 204. The second-order valence-corrected chi connectivity index (χ2v) is 4.69. The van der Waals surface area contributed by atoms with E-state index in [1.165, 1.54) is 0 Å². The van der Waals surface area contributed by atoms with Crippen molar-refractivity contribution in [3.63, 3.8) is 0 Å². The topological polar surface area (TPSA) is 36.9 Å². The lowest BCUT2D eigenvalue weighted by Crippen LogP contribution is -2.21. The molecular formula is C17H24O4. The summed E-state index contributed by atoms with van der Waals surface area (Å²) in [5, 5.41) is 0. The smallest absolute Gasteiger partial charge is 0.0789 e. The first-order valence-corrected chi connectivity index (χ1v) is 6.87. The van der Waals surface area contributed by atoms with Gasteiger partial charge >= 0.3 is 0 Å². The maximum atomic E-state index is 5.36. The maximum Gasteiger partial charge on any atom is 0.0789 e. The van der Waals surface area contributed by atoms with Gasteiger partial charge in [-0.2, -0.15) is 0 Å². The summed E-state index contributed by atoms with van der Waals surface area (Å²) in [6.07, 6.45) is 2.14. The van der Waals surface area contributed by atoms with E-state index in [9.17, 15) is 0 Å². The molecule has 4 nitrogen and oxygen atoms in total. The minimum absolute atomic E-state index is 0.352. The molecule has 0 N–H and O–H groups in total. The van der Waals surface area contributed by atoms with Crippen LogP contribution in [0.4, 0.5) is 0 Å². The minimum Gasteiger partial charge on any atom is -0.381 e. The average molecular weight is 292 g/mol. The molecule has 0 rings (SSSR count). The van der Waals surface area contributed by atoms with E-state index in [0.717, 1.165) is 6.42 Å². The van der Waals surface area contributed by atoms with Crippen LogP contribution < -0.4 is 0 Å². The van der Waals surface area contributed by atoms with Gasteiger partial charge in [-0.1, -0.05) is 0 Å². The summed E-state index contributed by atoms with van der Waals surface area (Å²) in [4.78, 5) is 0. The zero-order valence-electron chi connectivity index (χ0n) is 12.5. The monoisotopic (exact) mass is 292 g/mol. The van der Waals surface area contributed by atoms with E-state index in [1.54, 1.807) is 0 Å². The quantitative estimate of drug-likeness (QED) is 0.459. The van der Waals surface area contributed by atoms with E-state index >= 15 is 0 Å². The van der Waals surface area contributed by atoms with Crippen molar-refractivity contribution < 1.29 is 18.9 Å². The van der Waals surface area contributed by atoms with E-state index in [4.69, 9.17) is 60.5 Å². The van der Waals surface area contributed by atoms with Crippen molar-refractivity contribution in [2.24, 2.45) is 0 Å². The second kappa shape index (κ2) is 11.4. The van der Waals surface area contributed by atoms with Crippen molar-refractivity contribution in [3.8, 4) is 0 Å². The van der Waals surface area contributed by atoms with Gasteiger partial charge in [-0.3, -0.25) is 0 Å². The van der Waals surface area contributed by atoms with E-state index in [0.29, 0.717) is 52.5 Å². The highest BCUT2D eigenvalue weighted by Crippen LogP contribution is 2.05. The maximum absolute atomic E-state index is 5.36. The number of ether oxygens (including phenoxy) is 4. The molecular weight excluding hydrogens is 268 g/mol. The van der Waals surface area contributed by atoms with Crippen LogP contribution in [0, 0.1) is 41.5 Å². The fourth-order valence-electron chi connectivity index (χ4n) is 1.29. The number of hydrogen-bond donors (Lipinski definition) is 0. The largest absolute Gasteiger partial charge is 0.381 e. The summed E-state index contributed by atoms with van der Waals surface area (Å²) in [6, 6.07) is 0. The van der Waals surface area contributed by atoms with E-state index < -0.39 is 11.2 Å². The van der Waals surface area contributed by atoms with Crippen LogP contribution in [0.15, 0.2) is 0 Å². The molecule has 4 heteroatoms. The highest BCUT2D eigenvalue weighted by Gasteiger charge is 2.11. The lowest BCUT2D eigenvalue weighted by molar-refractivity contribution is 0.0231. The molecule has 0 heterocycles. The van der Waals surface area contributed by atoms with Crippen LogP contribution in [0.3, 0.4) is 0 Å². The van der Waals surface area contributed by atoms with Gasteiger partial charge in [-0.15, -0.1) is 0 Å². The lowest BCUT2D eigenvalue weighted by atomic mass is 10.2. The average Bonchev–Trinajstić information content (AvgIpc) is 2.32. The molecule has 0 aliphatic rings. The van der Waals surface area contributed by atoms with Crippen molar-refractivity contribution in [3.05, 3.63) is 41.5 Å². The van der Waals surface area contributed by atoms with Crippen LogP contribution in [0.5, 0.6) is 0 Å². The Kier molecular flexibility index (Phi) is 11.3. The van der Waals surface area contributed by atoms with Gasteiger partial charge in [0, 0.05) is 81.2 Å². The third-order valence-electron chi connectivity index (χ3n) is 2.15. The molecule has 0 aromatic heterocycles. The van der Waals surface area contributed by atoms with Crippen LogP contribution in [-0.4, -0.2) is 50.8 Å². The Labute approximate surface area is 131 Å². The summed E-state index contributed by atoms with van der Waals surface area (Å²) in [5.74, 6) is 0. The van der Waals surface area contributed by atoms with Crippen molar-refractivity contribution in [1.82, 2.24) is 0 Å². The standard InChI is InChI=1S/C17H24O4/c1-16(2,3)20-14-8-12-18-10-7-11-19-13-9-15-21-17(4,5)6/h1-6H,7-15H2. The molecule has 0 saturated heterocycles. The van der Waals surface area contributed by atoms with Gasteiger partial charge < -0.3 is 18.9 Å². The van der Waals surface area contributed by atoms with Crippen molar-refractivity contribution in [1.29, 1.82) is 0 Å². The number of hydrogen-bond acceptors (Lipinski definition) is 4. The Balaban J connectivity index is 3.10. The predicted molar refractivity (Wildman–Crippen MR) is 78.7 cm³/mol. The molecule has 0 aliphatic heterocycles. The van der Waals surface area contributed by atoms with Crippen LogP contribution in [0.2, 0.25) is 0 Å². The van der Waals surface area contributed by atoms with Gasteiger partial charge in [-0.05, 0) is 19.3 Å². The van der Waals surface area contributed by atoms with Gasteiger partial charge in [0.25, 0.3) is 0 Å². The first-order valence-electron chi connectivity index (χ1n) is 6.87. The van der Waals surface area contributed by atoms with Gasteiger partial charge in [0.2, 0.25) is 0 Å². The van der Waals surface area contributed by atoms with Gasteiger partial charge in [-0.25, -0.2) is 0 Å². The second-order valence-electron chi connectivity index (χ2n) is 4.69. The fourth-order valence-corrected chi connectivity index (χ4v) is 1.29. The molecule has 0 unspecified atom stereocenters. The third kappa shape index (κ3) is 19.8. The van der Waals surface area contributed by atoms with E-state index in [1.807, 2.05) is 0 Å². The lowest BCUT2D eigenvalue weighted by Gasteiger charge is -2.18. The van der Waals surface area contributed by atoms with Crippen LogP contribution in [-0.2, 0) is 18.9 Å². The predicted octanol–water partition coefficient (Wildman–Crippen LogP) is 1.97. The highest BCUT2D eigenvalue weighted by atomic mass is 16.5. The molecule has 21 heavy (non-hydrogen) atoms. The molecule has 0 atom stereocenters. The molecule has 0 fully saturated rings. The fraction of sp³-hybridized carbons (Fsp3) is 0.647. The third-order valence-corrected chi connectivity index (χ3v) is 2.15. The van der Waals surface area contributed by atoms with Crippen LogP contribution in [0.25, 0.3) is 0 Å². The molecule has 0 aromatic rings. The highest BCUT2D eigenvalue weighted by molar-refractivity contribution is 4.89. The molecule has 0 spiro atoms. The van der Waals surface area contributed by atoms with E-state index in [-0.39, 0.29) is 0 Å². The Morgan fingerprint density at radius 1 is 0.476 bits per heavy atom. The summed E-state index contributed by atoms with van der Waals surface area (Å²) in [6.45, 7) is 34.4. The summed E-state index contributed by atoms with van der Waals surface area (Å²) < 4.78 is 20.6. The number of rotatable bonds is 14. The SMILES string of the molecule is [CH]C([CH])([CH])OCCCOCCCOCCCOC([CH])([CH])[CH]. The Hall–Kier alpha value is -0.160. The first-order chi connectivity index (χ1) is 9.71.